The predicted octanol–water partition coefficient (Wildman–Crippen LogP) is 1.54. The number of hydrogen-bond donors (Lipinski definition) is 1. The van der Waals surface area contributed by atoms with Crippen LogP contribution in [0.25, 0.3) is 0 Å². The summed E-state index contributed by atoms with van der Waals surface area (Å²) in [6.45, 7) is 1.69. The van der Waals surface area contributed by atoms with Crippen LogP contribution >= 0.6 is 0 Å². The molecule has 0 aromatic carbocycles. The Kier molecular flexibility index (Phi) is 3.56. The molecular weight excluding hydrogens is 208 g/mol. The van der Waals surface area contributed by atoms with Gasteiger partial charge in [0, 0.05) is 19.3 Å². The van der Waals surface area contributed by atoms with Crippen molar-refractivity contribution in [2.24, 2.45) is 0 Å². The fourth-order valence-corrected chi connectivity index (χ4v) is 1.97. The molecular formula is C11H16N2O3. The summed E-state index contributed by atoms with van der Waals surface area (Å²) < 4.78 is 7.33. The Balaban J connectivity index is 1.74. The van der Waals surface area contributed by atoms with Crippen LogP contribution in [0.1, 0.15) is 36.2 Å². The van der Waals surface area contributed by atoms with Crippen molar-refractivity contribution in [3.05, 3.63) is 18.2 Å². The van der Waals surface area contributed by atoms with Gasteiger partial charge in [-0.15, -0.1) is 0 Å². The number of nitrogens with zero attached hydrogens (tertiary/aromatic N) is 2. The van der Waals surface area contributed by atoms with Gasteiger partial charge in [-0.05, 0) is 25.7 Å². The Morgan fingerprint density at radius 3 is 3.19 bits per heavy atom. The number of aromatic nitrogens is 2. The van der Waals surface area contributed by atoms with E-state index in [1.165, 1.54) is 6.42 Å². The average Bonchev–Trinajstić information content (AvgIpc) is 2.87. The van der Waals surface area contributed by atoms with E-state index < -0.39 is 5.97 Å². The predicted molar refractivity (Wildman–Crippen MR) is 57.4 cm³/mol. The van der Waals surface area contributed by atoms with Crippen LogP contribution in [-0.2, 0) is 11.3 Å². The van der Waals surface area contributed by atoms with Gasteiger partial charge >= 0.3 is 5.97 Å². The van der Waals surface area contributed by atoms with E-state index in [1.54, 1.807) is 12.5 Å². The minimum atomic E-state index is -0.974. The summed E-state index contributed by atoms with van der Waals surface area (Å²) in [5, 5.41) is 8.70. The number of hydrogen-bond acceptors (Lipinski definition) is 3. The molecule has 1 aromatic rings. The Labute approximate surface area is 94.1 Å². The Bertz CT molecular complexity index is 356. The van der Waals surface area contributed by atoms with Gasteiger partial charge in [-0.3, -0.25) is 0 Å². The van der Waals surface area contributed by atoms with E-state index in [0.29, 0.717) is 6.10 Å². The van der Waals surface area contributed by atoms with Gasteiger partial charge in [0.05, 0.1) is 12.4 Å². The molecule has 16 heavy (non-hydrogen) atoms. The Morgan fingerprint density at radius 2 is 2.56 bits per heavy atom. The van der Waals surface area contributed by atoms with Crippen LogP contribution in [0, 0.1) is 0 Å². The number of ether oxygens (including phenoxy) is 1. The van der Waals surface area contributed by atoms with Crippen molar-refractivity contribution in [2.75, 3.05) is 6.61 Å². The molecule has 1 N–H and O–H groups in total. The first-order valence-corrected chi connectivity index (χ1v) is 5.62. The first-order chi connectivity index (χ1) is 7.75. The van der Waals surface area contributed by atoms with Gasteiger partial charge in [0.15, 0.2) is 5.69 Å². The van der Waals surface area contributed by atoms with Gasteiger partial charge in [-0.25, -0.2) is 9.78 Å². The molecule has 0 saturated carbocycles. The van der Waals surface area contributed by atoms with Crippen LogP contribution in [0.2, 0.25) is 0 Å². The maximum Gasteiger partial charge on any atom is 0.356 e. The maximum absolute atomic E-state index is 10.6. The molecule has 1 unspecified atom stereocenters. The largest absolute Gasteiger partial charge is 0.476 e. The van der Waals surface area contributed by atoms with Crippen molar-refractivity contribution >= 4 is 5.97 Å². The number of aromatic carboxylic acids is 1. The zero-order chi connectivity index (χ0) is 11.4. The standard InChI is InChI=1S/C11H16N2O3/c14-11(15)10-7-13(8-12-10)5-1-3-9-4-2-6-16-9/h7-9H,1-6H2,(H,14,15). The number of carboxylic acid groups (broad SMARTS) is 1. The molecule has 1 aliphatic heterocycles. The minimum Gasteiger partial charge on any atom is -0.476 e. The van der Waals surface area contributed by atoms with E-state index in [0.717, 1.165) is 32.4 Å². The first-order valence-electron chi connectivity index (χ1n) is 5.62. The van der Waals surface area contributed by atoms with Crippen LogP contribution in [-0.4, -0.2) is 33.3 Å². The number of aryl methyl sites for hydroxylation is 1. The molecule has 0 radical (unpaired) electrons. The van der Waals surface area contributed by atoms with Gasteiger partial charge in [0.2, 0.25) is 0 Å². The molecule has 5 nitrogen and oxygen atoms in total. The fraction of sp³-hybridized carbons (Fsp3) is 0.636. The second-order valence-electron chi connectivity index (χ2n) is 4.08. The van der Waals surface area contributed by atoms with Gasteiger partial charge in [0.25, 0.3) is 0 Å². The van der Waals surface area contributed by atoms with E-state index in [9.17, 15) is 4.79 Å². The zero-order valence-electron chi connectivity index (χ0n) is 9.13. The van der Waals surface area contributed by atoms with Crippen LogP contribution in [0.15, 0.2) is 12.5 Å². The lowest BCUT2D eigenvalue weighted by molar-refractivity contribution is 0.0691. The molecule has 1 fully saturated rings. The van der Waals surface area contributed by atoms with Crippen LogP contribution in [0.5, 0.6) is 0 Å². The lowest BCUT2D eigenvalue weighted by Crippen LogP contribution is -2.06. The highest BCUT2D eigenvalue weighted by molar-refractivity contribution is 5.84. The number of carboxylic acids is 1. The summed E-state index contributed by atoms with van der Waals surface area (Å²) >= 11 is 0. The molecule has 1 saturated heterocycles. The van der Waals surface area contributed by atoms with Crippen molar-refractivity contribution in [2.45, 2.75) is 38.3 Å². The summed E-state index contributed by atoms with van der Waals surface area (Å²) in [4.78, 5) is 14.4. The van der Waals surface area contributed by atoms with Crippen molar-refractivity contribution in [3.63, 3.8) is 0 Å². The highest BCUT2D eigenvalue weighted by atomic mass is 16.5. The van der Waals surface area contributed by atoms with Crippen molar-refractivity contribution in [1.82, 2.24) is 9.55 Å². The molecule has 1 aliphatic rings. The third kappa shape index (κ3) is 2.82. The van der Waals surface area contributed by atoms with E-state index in [-0.39, 0.29) is 5.69 Å². The maximum atomic E-state index is 10.6. The van der Waals surface area contributed by atoms with Gasteiger partial charge in [-0.1, -0.05) is 0 Å². The lowest BCUT2D eigenvalue weighted by Gasteiger charge is -2.08. The third-order valence-corrected chi connectivity index (χ3v) is 2.82. The monoisotopic (exact) mass is 224 g/mol. The minimum absolute atomic E-state index is 0.108. The summed E-state index contributed by atoms with van der Waals surface area (Å²) in [6.07, 6.45) is 7.91. The van der Waals surface area contributed by atoms with Gasteiger partial charge < -0.3 is 14.4 Å². The van der Waals surface area contributed by atoms with Crippen molar-refractivity contribution in [3.8, 4) is 0 Å². The number of rotatable bonds is 5. The molecule has 5 heteroatoms. The molecule has 1 atom stereocenters. The highest BCUT2D eigenvalue weighted by Crippen LogP contribution is 2.17. The van der Waals surface area contributed by atoms with Gasteiger partial charge in [0.1, 0.15) is 0 Å². The quantitative estimate of drug-likeness (QED) is 0.824. The van der Waals surface area contributed by atoms with E-state index in [2.05, 4.69) is 4.98 Å². The summed E-state index contributed by atoms with van der Waals surface area (Å²) in [5.41, 5.74) is 0.108. The van der Waals surface area contributed by atoms with Crippen molar-refractivity contribution in [1.29, 1.82) is 0 Å². The average molecular weight is 224 g/mol. The van der Waals surface area contributed by atoms with E-state index in [4.69, 9.17) is 9.84 Å². The van der Waals surface area contributed by atoms with E-state index in [1.807, 2.05) is 4.57 Å². The molecule has 0 bridgehead atoms. The second kappa shape index (κ2) is 5.12. The normalized spacial score (nSPS) is 20.1. The smallest absolute Gasteiger partial charge is 0.356 e. The molecule has 0 aliphatic carbocycles. The van der Waals surface area contributed by atoms with Crippen LogP contribution < -0.4 is 0 Å². The molecule has 0 amide bonds. The third-order valence-electron chi connectivity index (χ3n) is 2.82. The summed E-state index contributed by atoms with van der Waals surface area (Å²) in [5.74, 6) is -0.974. The van der Waals surface area contributed by atoms with E-state index >= 15 is 0 Å². The van der Waals surface area contributed by atoms with Crippen LogP contribution in [0.3, 0.4) is 0 Å². The number of imidazole rings is 1. The molecule has 0 spiro atoms. The Hall–Kier alpha value is -1.36. The Morgan fingerprint density at radius 1 is 1.69 bits per heavy atom. The summed E-state index contributed by atoms with van der Waals surface area (Å²) in [6, 6.07) is 0. The molecule has 2 heterocycles. The zero-order valence-corrected chi connectivity index (χ0v) is 9.13. The topological polar surface area (TPSA) is 64.3 Å². The van der Waals surface area contributed by atoms with Crippen LogP contribution in [0.4, 0.5) is 0 Å². The fourth-order valence-electron chi connectivity index (χ4n) is 1.97. The molecule has 2 rings (SSSR count). The second-order valence-corrected chi connectivity index (χ2v) is 4.08. The van der Waals surface area contributed by atoms with Gasteiger partial charge in [-0.2, -0.15) is 0 Å². The molecule has 88 valence electrons. The highest BCUT2D eigenvalue weighted by Gasteiger charge is 2.14. The SMILES string of the molecule is O=C(O)c1cn(CCCC2CCCO2)cn1. The van der Waals surface area contributed by atoms with Crippen molar-refractivity contribution < 1.29 is 14.6 Å². The molecule has 1 aromatic heterocycles. The summed E-state index contributed by atoms with van der Waals surface area (Å²) in [7, 11) is 0. The first kappa shape index (κ1) is 11.1. The lowest BCUT2D eigenvalue weighted by atomic mass is 10.1. The number of carbonyl (C=O) groups is 1.